The number of hydrogen-bond donors (Lipinski definition) is 2. The van der Waals surface area contributed by atoms with Crippen LogP contribution < -0.4 is 4.74 Å². The monoisotopic (exact) mass is 462 g/mol. The Morgan fingerprint density at radius 1 is 1.24 bits per heavy atom. The molecule has 0 aliphatic heterocycles. The third kappa shape index (κ3) is 4.53. The van der Waals surface area contributed by atoms with Crippen molar-refractivity contribution in [3.63, 3.8) is 0 Å². The Morgan fingerprint density at radius 3 is 2.73 bits per heavy atom. The van der Waals surface area contributed by atoms with Gasteiger partial charge in [0, 0.05) is 37.3 Å². The van der Waals surface area contributed by atoms with E-state index >= 15 is 0 Å². The lowest BCUT2D eigenvalue weighted by Gasteiger charge is -2.20. The Labute approximate surface area is 194 Å². The number of aromatic nitrogens is 3. The number of ether oxygens (including phenoxy) is 2. The Kier molecular flexibility index (Phi) is 6.30. The van der Waals surface area contributed by atoms with E-state index in [0.717, 1.165) is 28.0 Å². The maximum atomic E-state index is 11.6. The van der Waals surface area contributed by atoms with E-state index in [1.54, 1.807) is 19.2 Å². The van der Waals surface area contributed by atoms with Crippen molar-refractivity contribution >= 4 is 30.0 Å². The molecule has 4 rings (SSSR count). The highest BCUT2D eigenvalue weighted by atomic mass is 28.3. The number of fused-ring (bicyclic) bond motifs is 2. The van der Waals surface area contributed by atoms with Crippen LogP contribution in [-0.4, -0.2) is 41.4 Å². The largest absolute Gasteiger partial charge is 0.496 e. The second-order valence-corrected chi connectivity index (χ2v) is 15.2. The summed E-state index contributed by atoms with van der Waals surface area (Å²) in [7, 11) is 0.373. The summed E-state index contributed by atoms with van der Waals surface area (Å²) in [5.74, 6) is 1.06. The quantitative estimate of drug-likeness (QED) is 0.280. The molecule has 8 heteroatoms. The minimum atomic E-state index is -1.23. The van der Waals surface area contributed by atoms with Gasteiger partial charge in [0.05, 0.1) is 29.8 Å². The Bertz CT molecular complexity index is 1340. The van der Waals surface area contributed by atoms with Crippen LogP contribution in [0.5, 0.6) is 5.75 Å². The molecule has 0 aliphatic carbocycles. The van der Waals surface area contributed by atoms with Gasteiger partial charge in [0.25, 0.3) is 0 Å². The molecule has 0 aliphatic rings. The van der Waals surface area contributed by atoms with Gasteiger partial charge in [-0.1, -0.05) is 19.6 Å². The fourth-order valence-corrected chi connectivity index (χ4v) is 4.83. The average molecular weight is 463 g/mol. The third-order valence-corrected chi connectivity index (χ3v) is 7.61. The zero-order chi connectivity index (χ0) is 23.8. The van der Waals surface area contributed by atoms with Crippen LogP contribution in [0.3, 0.4) is 0 Å². The molecule has 0 saturated carbocycles. The van der Waals surface area contributed by atoms with Crippen molar-refractivity contribution in [1.29, 1.82) is 5.26 Å². The highest BCUT2D eigenvalue weighted by Gasteiger charge is 2.26. The van der Waals surface area contributed by atoms with E-state index in [4.69, 9.17) is 14.5 Å². The van der Waals surface area contributed by atoms with Crippen molar-refractivity contribution in [3.8, 4) is 11.8 Å². The third-order valence-electron chi connectivity index (χ3n) is 5.91. The molecule has 4 aromatic rings. The maximum Gasteiger partial charge on any atom is 0.145 e. The molecule has 172 valence electrons. The Balaban J connectivity index is 1.81. The number of aryl methyl sites for hydroxylation is 1. The normalized spacial score (nSPS) is 12.9. The first-order chi connectivity index (χ1) is 15.7. The van der Waals surface area contributed by atoms with Crippen molar-refractivity contribution in [2.45, 2.75) is 45.4 Å². The minimum Gasteiger partial charge on any atom is -0.496 e. The number of H-pyrrole nitrogens is 1. The predicted octanol–water partition coefficient (Wildman–Crippen LogP) is 5.10. The van der Waals surface area contributed by atoms with Crippen LogP contribution in [0.25, 0.3) is 21.9 Å². The summed E-state index contributed by atoms with van der Waals surface area (Å²) in [6.07, 6.45) is 0.812. The number of aliphatic hydroxyl groups excluding tert-OH is 1. The first-order valence-corrected chi connectivity index (χ1v) is 14.7. The smallest absolute Gasteiger partial charge is 0.145 e. The number of imidazole rings is 1. The van der Waals surface area contributed by atoms with E-state index in [9.17, 15) is 10.4 Å². The molecule has 33 heavy (non-hydrogen) atoms. The number of aliphatic hydroxyl groups is 1. The highest BCUT2D eigenvalue weighted by Crippen LogP contribution is 2.38. The number of benzene rings is 2. The lowest BCUT2D eigenvalue weighted by atomic mass is 10.00. The van der Waals surface area contributed by atoms with Crippen molar-refractivity contribution in [2.24, 2.45) is 0 Å². The Hall–Kier alpha value is -3.12. The minimum absolute atomic E-state index is 0.268. The molecule has 0 fully saturated rings. The van der Waals surface area contributed by atoms with Gasteiger partial charge in [0.1, 0.15) is 24.4 Å². The number of nitrogens with zero attached hydrogens (tertiary/aromatic N) is 3. The van der Waals surface area contributed by atoms with Gasteiger partial charge in [-0.25, -0.2) is 4.98 Å². The van der Waals surface area contributed by atoms with Crippen molar-refractivity contribution in [2.75, 3.05) is 13.7 Å². The zero-order valence-electron chi connectivity index (χ0n) is 19.8. The molecule has 0 amide bonds. The van der Waals surface area contributed by atoms with Crippen LogP contribution in [0.2, 0.25) is 25.7 Å². The van der Waals surface area contributed by atoms with Crippen molar-refractivity contribution < 1.29 is 14.6 Å². The molecular formula is C25H30N4O3Si. The van der Waals surface area contributed by atoms with Gasteiger partial charge in [-0.3, -0.25) is 0 Å². The predicted molar refractivity (Wildman–Crippen MR) is 132 cm³/mol. The number of rotatable bonds is 8. The van der Waals surface area contributed by atoms with Crippen molar-refractivity contribution in [3.05, 3.63) is 59.0 Å². The fourth-order valence-electron chi connectivity index (χ4n) is 4.08. The van der Waals surface area contributed by atoms with Crippen LogP contribution >= 0.6 is 0 Å². The first kappa shape index (κ1) is 23.0. The standard InChI is InChI=1S/C25H30N4O3Si/c1-16-12-21(31-2)22(18-8-9-27-23(16)18)24(30)25-28-19-13-17(14-26)6-7-20(19)29(25)15-32-10-11-33(3,4)5/h6-9,12-13,24,27,30H,10-11,15H2,1-5H3. The molecule has 0 spiro atoms. The summed E-state index contributed by atoms with van der Waals surface area (Å²) in [6.45, 7) is 9.86. The first-order valence-electron chi connectivity index (χ1n) is 11.0. The van der Waals surface area contributed by atoms with Gasteiger partial charge in [0.2, 0.25) is 0 Å². The molecule has 0 radical (unpaired) electrons. The molecule has 2 heterocycles. The van der Waals surface area contributed by atoms with Gasteiger partial charge < -0.3 is 24.1 Å². The number of nitrogens with one attached hydrogen (secondary N) is 1. The SMILES string of the molecule is COc1cc(C)c2[nH]ccc2c1C(O)c1nc2cc(C#N)ccc2n1COCC[Si](C)(C)C. The van der Waals surface area contributed by atoms with E-state index in [1.807, 2.05) is 35.9 Å². The summed E-state index contributed by atoms with van der Waals surface area (Å²) in [4.78, 5) is 7.99. The second-order valence-electron chi connectivity index (χ2n) is 9.54. The summed E-state index contributed by atoms with van der Waals surface area (Å²) in [5.41, 5.74) is 4.61. The molecule has 2 aromatic carbocycles. The maximum absolute atomic E-state index is 11.6. The van der Waals surface area contributed by atoms with Gasteiger partial charge in [0.15, 0.2) is 0 Å². The average Bonchev–Trinajstić information content (AvgIpc) is 3.40. The van der Waals surface area contributed by atoms with E-state index in [2.05, 4.69) is 30.7 Å². The van der Waals surface area contributed by atoms with Crippen LogP contribution in [-0.2, 0) is 11.5 Å². The molecule has 7 nitrogen and oxygen atoms in total. The Morgan fingerprint density at radius 2 is 2.03 bits per heavy atom. The summed E-state index contributed by atoms with van der Waals surface area (Å²) in [5, 5.41) is 21.8. The molecule has 2 N–H and O–H groups in total. The van der Waals surface area contributed by atoms with E-state index in [-0.39, 0.29) is 6.73 Å². The number of methoxy groups -OCH3 is 1. The van der Waals surface area contributed by atoms with Crippen LogP contribution in [0, 0.1) is 18.3 Å². The lowest BCUT2D eigenvalue weighted by molar-refractivity contribution is 0.0814. The molecular weight excluding hydrogens is 432 g/mol. The van der Waals surface area contributed by atoms with Gasteiger partial charge >= 0.3 is 0 Å². The van der Waals surface area contributed by atoms with Crippen LogP contribution in [0.15, 0.2) is 36.5 Å². The molecule has 0 bridgehead atoms. The second kappa shape index (κ2) is 9.02. The topological polar surface area (TPSA) is 96.1 Å². The summed E-state index contributed by atoms with van der Waals surface area (Å²) in [6, 6.07) is 12.4. The summed E-state index contributed by atoms with van der Waals surface area (Å²) < 4.78 is 13.6. The van der Waals surface area contributed by atoms with Crippen LogP contribution in [0.4, 0.5) is 0 Å². The summed E-state index contributed by atoms with van der Waals surface area (Å²) >= 11 is 0. The van der Waals surface area contributed by atoms with Crippen molar-refractivity contribution in [1.82, 2.24) is 14.5 Å². The van der Waals surface area contributed by atoms with Crippen LogP contribution in [0.1, 0.15) is 28.6 Å². The van der Waals surface area contributed by atoms with E-state index < -0.39 is 14.2 Å². The molecule has 2 aromatic heterocycles. The van der Waals surface area contributed by atoms with Gasteiger partial charge in [-0.15, -0.1) is 0 Å². The molecule has 0 saturated heterocycles. The molecule has 1 atom stereocenters. The highest BCUT2D eigenvalue weighted by molar-refractivity contribution is 6.76. The number of aromatic amines is 1. The number of nitriles is 1. The lowest BCUT2D eigenvalue weighted by Crippen LogP contribution is -2.22. The zero-order valence-corrected chi connectivity index (χ0v) is 20.8. The molecule has 1 unspecified atom stereocenters. The number of hydrogen-bond acceptors (Lipinski definition) is 5. The van der Waals surface area contributed by atoms with Gasteiger partial charge in [-0.05, 0) is 48.9 Å². The van der Waals surface area contributed by atoms with Gasteiger partial charge in [-0.2, -0.15) is 5.26 Å². The fraction of sp³-hybridized carbons (Fsp3) is 0.360. The van der Waals surface area contributed by atoms with E-state index in [1.165, 1.54) is 0 Å². The van der Waals surface area contributed by atoms with E-state index in [0.29, 0.717) is 34.8 Å².